The lowest BCUT2D eigenvalue weighted by Gasteiger charge is -2.04. The molecule has 0 spiro atoms. The van der Waals surface area contributed by atoms with Gasteiger partial charge in [-0.3, -0.25) is 9.48 Å². The van der Waals surface area contributed by atoms with Crippen LogP contribution in [0, 0.1) is 0 Å². The van der Waals surface area contributed by atoms with Crippen LogP contribution in [0.2, 0.25) is 0 Å². The largest absolute Gasteiger partial charge is 0.299 e. The highest BCUT2D eigenvalue weighted by Gasteiger charge is 2.09. The molecule has 26 heavy (non-hydrogen) atoms. The van der Waals surface area contributed by atoms with E-state index in [4.69, 9.17) is 0 Å². The van der Waals surface area contributed by atoms with Crippen LogP contribution in [0.3, 0.4) is 0 Å². The van der Waals surface area contributed by atoms with Gasteiger partial charge < -0.3 is 0 Å². The third-order valence-electron chi connectivity index (χ3n) is 4.27. The van der Waals surface area contributed by atoms with Crippen LogP contribution in [0.4, 0.5) is 0 Å². The van der Waals surface area contributed by atoms with Gasteiger partial charge in [-0.25, -0.2) is 9.97 Å². The first-order valence-corrected chi connectivity index (χ1v) is 8.48. The lowest BCUT2D eigenvalue weighted by molar-refractivity contribution is -0.117. The van der Waals surface area contributed by atoms with Gasteiger partial charge in [-0.05, 0) is 17.2 Å². The van der Waals surface area contributed by atoms with E-state index in [9.17, 15) is 4.79 Å². The first kappa shape index (κ1) is 16.1. The lowest BCUT2D eigenvalue weighted by atomic mass is 10.1. The minimum atomic E-state index is 0.110. The predicted octanol–water partition coefficient (Wildman–Crippen LogP) is 3.38. The van der Waals surface area contributed by atoms with Crippen molar-refractivity contribution in [1.29, 1.82) is 0 Å². The van der Waals surface area contributed by atoms with Gasteiger partial charge in [-0.2, -0.15) is 5.10 Å². The molecule has 2 aromatic carbocycles. The second-order valence-corrected chi connectivity index (χ2v) is 6.34. The quantitative estimate of drug-likeness (QED) is 0.558. The highest BCUT2D eigenvalue weighted by atomic mass is 16.1. The van der Waals surface area contributed by atoms with Crippen LogP contribution in [0.1, 0.15) is 11.4 Å². The van der Waals surface area contributed by atoms with E-state index < -0.39 is 0 Å². The monoisotopic (exact) mass is 342 g/mol. The molecule has 0 N–H and O–H groups in total. The van der Waals surface area contributed by atoms with E-state index >= 15 is 0 Å². The standard InChI is InChI=1S/C21H18N4O/c1-25-14-18(13-23-25)16-7-8-17-12-22-21(24-20(17)10-16)11-19(26)9-15-5-3-2-4-6-15/h2-8,10,12-14H,9,11H2,1H3. The molecule has 0 unspecified atom stereocenters. The number of ketones is 1. The first-order chi connectivity index (χ1) is 12.7. The van der Waals surface area contributed by atoms with Crippen molar-refractivity contribution in [2.45, 2.75) is 12.8 Å². The smallest absolute Gasteiger partial charge is 0.144 e. The number of rotatable bonds is 5. The van der Waals surface area contributed by atoms with Crippen LogP contribution >= 0.6 is 0 Å². The molecule has 2 heterocycles. The van der Waals surface area contributed by atoms with E-state index in [0.717, 1.165) is 27.6 Å². The van der Waals surface area contributed by atoms with Gasteiger partial charge in [0, 0.05) is 36.8 Å². The Morgan fingerprint density at radius 3 is 2.62 bits per heavy atom. The first-order valence-electron chi connectivity index (χ1n) is 8.48. The van der Waals surface area contributed by atoms with Crippen molar-refractivity contribution in [2.24, 2.45) is 7.05 Å². The molecule has 0 radical (unpaired) electrons. The number of nitrogens with zero attached hydrogens (tertiary/aromatic N) is 4. The Hall–Kier alpha value is -3.34. The van der Waals surface area contributed by atoms with E-state index in [-0.39, 0.29) is 12.2 Å². The number of fused-ring (bicyclic) bond motifs is 1. The van der Waals surface area contributed by atoms with Crippen molar-refractivity contribution < 1.29 is 4.79 Å². The number of carbonyl (C=O) groups is 1. The van der Waals surface area contributed by atoms with Gasteiger partial charge in [-0.1, -0.05) is 42.5 Å². The summed E-state index contributed by atoms with van der Waals surface area (Å²) in [5.41, 5.74) is 3.93. The van der Waals surface area contributed by atoms with Crippen LogP contribution in [-0.4, -0.2) is 25.5 Å². The van der Waals surface area contributed by atoms with E-state index in [1.54, 1.807) is 10.9 Å². The molecule has 4 aromatic rings. The van der Waals surface area contributed by atoms with Gasteiger partial charge in [0.1, 0.15) is 11.6 Å². The van der Waals surface area contributed by atoms with Gasteiger partial charge in [0.2, 0.25) is 0 Å². The molecule has 5 nitrogen and oxygen atoms in total. The Balaban J connectivity index is 1.57. The lowest BCUT2D eigenvalue weighted by Crippen LogP contribution is -2.09. The Bertz CT molecular complexity index is 1070. The minimum absolute atomic E-state index is 0.110. The number of hydrogen-bond acceptors (Lipinski definition) is 4. The number of benzene rings is 2. The molecule has 0 aliphatic carbocycles. The summed E-state index contributed by atoms with van der Waals surface area (Å²) in [6.07, 6.45) is 6.21. The maximum Gasteiger partial charge on any atom is 0.144 e. The van der Waals surface area contributed by atoms with E-state index in [2.05, 4.69) is 15.1 Å². The third-order valence-corrected chi connectivity index (χ3v) is 4.27. The Kier molecular flexibility index (Phi) is 4.27. The second-order valence-electron chi connectivity index (χ2n) is 6.34. The van der Waals surface area contributed by atoms with E-state index in [0.29, 0.717) is 12.2 Å². The Morgan fingerprint density at radius 2 is 1.85 bits per heavy atom. The van der Waals surface area contributed by atoms with E-state index in [1.807, 2.05) is 68.0 Å². The van der Waals surface area contributed by atoms with Gasteiger partial charge in [0.05, 0.1) is 18.1 Å². The molecular weight excluding hydrogens is 324 g/mol. The fraction of sp³-hybridized carbons (Fsp3) is 0.143. The molecule has 4 rings (SSSR count). The zero-order chi connectivity index (χ0) is 17.9. The highest BCUT2D eigenvalue weighted by Crippen LogP contribution is 2.22. The van der Waals surface area contributed by atoms with Crippen LogP contribution < -0.4 is 0 Å². The van der Waals surface area contributed by atoms with Crippen LogP contribution in [-0.2, 0) is 24.7 Å². The van der Waals surface area contributed by atoms with Gasteiger partial charge in [0.15, 0.2) is 0 Å². The van der Waals surface area contributed by atoms with Crippen molar-refractivity contribution in [1.82, 2.24) is 19.7 Å². The van der Waals surface area contributed by atoms with E-state index in [1.165, 1.54) is 0 Å². The number of carbonyl (C=O) groups excluding carboxylic acids is 1. The summed E-state index contributed by atoms with van der Waals surface area (Å²) in [6.45, 7) is 0. The average Bonchev–Trinajstić information content (AvgIpc) is 3.08. The number of Topliss-reactive ketones (excluding diaryl/α,β-unsaturated/α-hetero) is 1. The van der Waals surface area contributed by atoms with Crippen molar-refractivity contribution >= 4 is 16.7 Å². The molecule has 0 saturated heterocycles. The minimum Gasteiger partial charge on any atom is -0.299 e. The molecule has 0 bridgehead atoms. The summed E-state index contributed by atoms with van der Waals surface area (Å²) in [7, 11) is 1.89. The number of hydrogen-bond donors (Lipinski definition) is 0. The SMILES string of the molecule is Cn1cc(-c2ccc3cnc(CC(=O)Cc4ccccc4)nc3c2)cn1. The molecule has 5 heteroatoms. The van der Waals surface area contributed by atoms with Crippen LogP contribution in [0.25, 0.3) is 22.0 Å². The summed E-state index contributed by atoms with van der Waals surface area (Å²) in [5, 5.41) is 5.16. The summed E-state index contributed by atoms with van der Waals surface area (Å²) in [4.78, 5) is 21.3. The number of aryl methyl sites for hydroxylation is 1. The normalized spacial score (nSPS) is 11.0. The second kappa shape index (κ2) is 6.88. The highest BCUT2D eigenvalue weighted by molar-refractivity contribution is 5.85. The van der Waals surface area contributed by atoms with Crippen molar-refractivity contribution in [3.05, 3.63) is 78.5 Å². The Labute approximate surface area is 151 Å². The molecule has 0 amide bonds. The zero-order valence-corrected chi connectivity index (χ0v) is 14.5. The molecule has 0 aliphatic heterocycles. The molecule has 0 saturated carbocycles. The fourth-order valence-corrected chi connectivity index (χ4v) is 2.96. The van der Waals surface area contributed by atoms with Crippen LogP contribution in [0.5, 0.6) is 0 Å². The molecule has 128 valence electrons. The molecule has 0 atom stereocenters. The number of aromatic nitrogens is 4. The van der Waals surface area contributed by atoms with Crippen molar-refractivity contribution in [3.8, 4) is 11.1 Å². The van der Waals surface area contributed by atoms with Gasteiger partial charge in [-0.15, -0.1) is 0 Å². The maximum atomic E-state index is 12.3. The Morgan fingerprint density at radius 1 is 1.00 bits per heavy atom. The molecule has 2 aromatic heterocycles. The summed E-state index contributed by atoms with van der Waals surface area (Å²) in [6, 6.07) is 15.8. The van der Waals surface area contributed by atoms with Crippen molar-refractivity contribution in [3.63, 3.8) is 0 Å². The molecule has 0 fully saturated rings. The zero-order valence-electron chi connectivity index (χ0n) is 14.5. The van der Waals surface area contributed by atoms with Crippen molar-refractivity contribution in [2.75, 3.05) is 0 Å². The third kappa shape index (κ3) is 3.52. The van der Waals surface area contributed by atoms with Crippen LogP contribution in [0.15, 0.2) is 67.1 Å². The fourth-order valence-electron chi connectivity index (χ4n) is 2.96. The van der Waals surface area contributed by atoms with Gasteiger partial charge in [0.25, 0.3) is 0 Å². The maximum absolute atomic E-state index is 12.3. The summed E-state index contributed by atoms with van der Waals surface area (Å²) in [5.74, 6) is 0.667. The summed E-state index contributed by atoms with van der Waals surface area (Å²) >= 11 is 0. The topological polar surface area (TPSA) is 60.7 Å². The molecular formula is C21H18N4O. The predicted molar refractivity (Wildman–Crippen MR) is 101 cm³/mol. The average molecular weight is 342 g/mol. The van der Waals surface area contributed by atoms with Gasteiger partial charge >= 0.3 is 0 Å². The summed E-state index contributed by atoms with van der Waals surface area (Å²) < 4.78 is 1.77. The molecule has 0 aliphatic rings.